The normalized spacial score (nSPS) is 21.1. The highest BCUT2D eigenvalue weighted by molar-refractivity contribution is 4.96. The minimum absolute atomic E-state index is 0.862. The van der Waals surface area contributed by atoms with Crippen molar-refractivity contribution in [1.29, 1.82) is 0 Å². The molecule has 0 amide bonds. The lowest BCUT2D eigenvalue weighted by molar-refractivity contribution is 0.412. The van der Waals surface area contributed by atoms with Crippen molar-refractivity contribution in [2.24, 2.45) is 11.8 Å². The Morgan fingerprint density at radius 1 is 1.14 bits per heavy atom. The molecular formula is C13H21N. The van der Waals surface area contributed by atoms with Crippen LogP contribution in [0.3, 0.4) is 0 Å². The van der Waals surface area contributed by atoms with Crippen LogP contribution >= 0.6 is 0 Å². The van der Waals surface area contributed by atoms with Gasteiger partial charge in [0.1, 0.15) is 0 Å². The van der Waals surface area contributed by atoms with Crippen molar-refractivity contribution in [2.45, 2.75) is 51.0 Å². The predicted molar refractivity (Wildman–Crippen MR) is 59.9 cm³/mol. The van der Waals surface area contributed by atoms with Crippen LogP contribution in [0.4, 0.5) is 0 Å². The Morgan fingerprint density at radius 3 is 2.29 bits per heavy atom. The minimum atomic E-state index is 0.862. The van der Waals surface area contributed by atoms with Crippen LogP contribution in [0, 0.1) is 24.2 Å². The fourth-order valence-electron chi connectivity index (χ4n) is 2.25. The monoisotopic (exact) mass is 191 g/mol. The number of nitrogens with one attached hydrogen (secondary N) is 1. The highest BCUT2D eigenvalue weighted by Gasteiger charge is 2.40. The molecule has 0 atom stereocenters. The van der Waals surface area contributed by atoms with Gasteiger partial charge in [0.25, 0.3) is 0 Å². The van der Waals surface area contributed by atoms with Gasteiger partial charge in [0.2, 0.25) is 0 Å². The molecule has 0 bridgehead atoms. The molecule has 1 heteroatoms. The molecule has 2 fully saturated rings. The molecule has 2 aliphatic rings. The molecule has 0 aliphatic heterocycles. The standard InChI is InChI=1S/C13H21N/c1-2-3-4-5-10-14-13(11-6-7-11)12-8-9-12/h1,11-14H,3-10H2. The summed E-state index contributed by atoms with van der Waals surface area (Å²) in [7, 11) is 0. The van der Waals surface area contributed by atoms with Crippen LogP contribution in [0.5, 0.6) is 0 Å². The van der Waals surface area contributed by atoms with Gasteiger partial charge in [0, 0.05) is 12.5 Å². The quantitative estimate of drug-likeness (QED) is 0.482. The van der Waals surface area contributed by atoms with Crippen LogP contribution in [-0.2, 0) is 0 Å². The Bertz CT molecular complexity index is 196. The smallest absolute Gasteiger partial charge is 0.0124 e. The van der Waals surface area contributed by atoms with Crippen molar-refractivity contribution < 1.29 is 0 Å². The van der Waals surface area contributed by atoms with Gasteiger partial charge in [-0.25, -0.2) is 0 Å². The first-order chi connectivity index (χ1) is 6.92. The van der Waals surface area contributed by atoms with E-state index in [0.717, 1.165) is 24.3 Å². The van der Waals surface area contributed by atoms with Gasteiger partial charge in [0.15, 0.2) is 0 Å². The maximum Gasteiger partial charge on any atom is 0.0124 e. The Balaban J connectivity index is 1.56. The van der Waals surface area contributed by atoms with Gasteiger partial charge in [-0.2, -0.15) is 0 Å². The van der Waals surface area contributed by atoms with E-state index in [4.69, 9.17) is 6.42 Å². The second-order valence-electron chi connectivity index (χ2n) is 4.82. The van der Waals surface area contributed by atoms with E-state index in [9.17, 15) is 0 Å². The summed E-state index contributed by atoms with van der Waals surface area (Å²) in [4.78, 5) is 0. The molecular weight excluding hydrogens is 170 g/mol. The minimum Gasteiger partial charge on any atom is -0.313 e. The summed E-state index contributed by atoms with van der Waals surface area (Å²) in [5.74, 6) is 4.74. The van der Waals surface area contributed by atoms with Gasteiger partial charge < -0.3 is 5.32 Å². The molecule has 1 nitrogen and oxygen atoms in total. The molecule has 0 heterocycles. The molecule has 2 aliphatic carbocycles. The Kier molecular flexibility index (Phi) is 3.48. The maximum absolute atomic E-state index is 5.22. The Morgan fingerprint density at radius 2 is 1.79 bits per heavy atom. The van der Waals surface area contributed by atoms with Gasteiger partial charge in [-0.05, 0) is 56.9 Å². The topological polar surface area (TPSA) is 12.0 Å². The summed E-state index contributed by atoms with van der Waals surface area (Å²) in [6.07, 6.45) is 14.5. The third-order valence-corrected chi connectivity index (χ3v) is 3.39. The fourth-order valence-corrected chi connectivity index (χ4v) is 2.25. The molecule has 1 N–H and O–H groups in total. The molecule has 0 aromatic carbocycles. The lowest BCUT2D eigenvalue weighted by Gasteiger charge is -2.17. The van der Waals surface area contributed by atoms with Crippen LogP contribution in [0.2, 0.25) is 0 Å². The SMILES string of the molecule is C#CCCCCNC(C1CC1)C1CC1. The predicted octanol–water partition coefficient (Wildman–Crippen LogP) is 2.57. The molecule has 14 heavy (non-hydrogen) atoms. The molecule has 2 saturated carbocycles. The van der Waals surface area contributed by atoms with Crippen molar-refractivity contribution >= 4 is 0 Å². The van der Waals surface area contributed by atoms with Gasteiger partial charge in [-0.15, -0.1) is 12.3 Å². The average Bonchev–Trinajstić information content (AvgIpc) is 3.03. The number of hydrogen-bond acceptors (Lipinski definition) is 1. The van der Waals surface area contributed by atoms with E-state index < -0.39 is 0 Å². The molecule has 78 valence electrons. The summed E-state index contributed by atoms with van der Waals surface area (Å²) in [5, 5.41) is 3.73. The largest absolute Gasteiger partial charge is 0.313 e. The van der Waals surface area contributed by atoms with Crippen molar-refractivity contribution in [3.05, 3.63) is 0 Å². The third-order valence-electron chi connectivity index (χ3n) is 3.39. The van der Waals surface area contributed by atoms with Crippen molar-refractivity contribution in [1.82, 2.24) is 5.32 Å². The zero-order chi connectivity index (χ0) is 9.80. The summed E-state index contributed by atoms with van der Waals surface area (Å²) >= 11 is 0. The van der Waals surface area contributed by atoms with E-state index in [1.54, 1.807) is 0 Å². The second-order valence-corrected chi connectivity index (χ2v) is 4.82. The van der Waals surface area contributed by atoms with Gasteiger partial charge in [0.05, 0.1) is 0 Å². The van der Waals surface area contributed by atoms with E-state index in [0.29, 0.717) is 0 Å². The van der Waals surface area contributed by atoms with Gasteiger partial charge in [-0.3, -0.25) is 0 Å². The van der Waals surface area contributed by atoms with Crippen LogP contribution < -0.4 is 5.32 Å². The first-order valence-electron chi connectivity index (χ1n) is 6.08. The third kappa shape index (κ3) is 3.03. The van der Waals surface area contributed by atoms with Crippen molar-refractivity contribution in [2.75, 3.05) is 6.54 Å². The van der Waals surface area contributed by atoms with Crippen LogP contribution in [0.15, 0.2) is 0 Å². The molecule has 0 aromatic heterocycles. The van der Waals surface area contributed by atoms with Crippen LogP contribution in [0.25, 0.3) is 0 Å². The lowest BCUT2D eigenvalue weighted by Crippen LogP contribution is -2.33. The maximum atomic E-state index is 5.22. The zero-order valence-electron chi connectivity index (χ0n) is 8.97. The van der Waals surface area contributed by atoms with Crippen LogP contribution in [-0.4, -0.2) is 12.6 Å². The van der Waals surface area contributed by atoms with Crippen molar-refractivity contribution in [3.8, 4) is 12.3 Å². The average molecular weight is 191 g/mol. The number of rotatable bonds is 7. The Hall–Kier alpha value is -0.480. The molecule has 0 radical (unpaired) electrons. The summed E-state index contributed by atoms with van der Waals surface area (Å²) < 4.78 is 0. The number of hydrogen-bond donors (Lipinski definition) is 1. The van der Waals surface area contributed by atoms with Crippen LogP contribution in [0.1, 0.15) is 44.9 Å². The lowest BCUT2D eigenvalue weighted by atomic mass is 10.1. The molecule has 0 aromatic rings. The van der Waals surface area contributed by atoms with E-state index in [1.165, 1.54) is 45.1 Å². The molecule has 0 saturated heterocycles. The molecule has 0 spiro atoms. The number of terminal acetylenes is 1. The fraction of sp³-hybridized carbons (Fsp3) is 0.846. The van der Waals surface area contributed by atoms with Crippen molar-refractivity contribution in [3.63, 3.8) is 0 Å². The highest BCUT2D eigenvalue weighted by Crippen LogP contribution is 2.44. The summed E-state index contributed by atoms with van der Waals surface area (Å²) in [6, 6.07) is 0.862. The highest BCUT2D eigenvalue weighted by atomic mass is 14.9. The molecule has 2 rings (SSSR count). The first kappa shape index (κ1) is 10.1. The Labute approximate surface area is 87.7 Å². The first-order valence-corrected chi connectivity index (χ1v) is 6.08. The van der Waals surface area contributed by atoms with E-state index >= 15 is 0 Å². The second kappa shape index (κ2) is 4.84. The molecule has 0 unspecified atom stereocenters. The van der Waals surface area contributed by atoms with E-state index in [1.807, 2.05) is 0 Å². The van der Waals surface area contributed by atoms with E-state index in [2.05, 4.69) is 11.2 Å². The summed E-state index contributed by atoms with van der Waals surface area (Å²) in [5.41, 5.74) is 0. The van der Waals surface area contributed by atoms with Gasteiger partial charge in [-0.1, -0.05) is 0 Å². The number of unbranched alkanes of at least 4 members (excludes halogenated alkanes) is 2. The zero-order valence-corrected chi connectivity index (χ0v) is 8.97. The van der Waals surface area contributed by atoms with E-state index in [-0.39, 0.29) is 0 Å². The van der Waals surface area contributed by atoms with Gasteiger partial charge >= 0.3 is 0 Å². The summed E-state index contributed by atoms with van der Waals surface area (Å²) in [6.45, 7) is 1.18.